The lowest BCUT2D eigenvalue weighted by molar-refractivity contribution is -0.122. The van der Waals surface area contributed by atoms with Crippen LogP contribution in [0.3, 0.4) is 0 Å². The standard InChI is InChI=1S/C21H26N4O3/c1-2-15-4-3-5-18(14-15)25(12-13-26)20(28)11-10-19(27)24-17-8-6-16(7-9-17)21(22)23/h3-9,14,26H,2,10-13H2,1H3,(H3,22,23)(H,24,27). The van der Waals surface area contributed by atoms with Gasteiger partial charge in [0.05, 0.1) is 6.61 Å². The average molecular weight is 382 g/mol. The van der Waals surface area contributed by atoms with E-state index in [0.29, 0.717) is 11.3 Å². The van der Waals surface area contributed by atoms with Gasteiger partial charge in [0.1, 0.15) is 5.84 Å². The van der Waals surface area contributed by atoms with Gasteiger partial charge >= 0.3 is 0 Å². The summed E-state index contributed by atoms with van der Waals surface area (Å²) in [6, 6.07) is 14.2. The fraction of sp³-hybridized carbons (Fsp3) is 0.286. The number of hydrogen-bond donors (Lipinski definition) is 4. The Bertz CT molecular complexity index is 834. The SMILES string of the molecule is CCc1cccc(N(CCO)C(=O)CCC(=O)Nc2ccc(C(=N)N)cc2)c1. The number of benzene rings is 2. The molecule has 0 aliphatic rings. The highest BCUT2D eigenvalue weighted by Gasteiger charge is 2.17. The highest BCUT2D eigenvalue weighted by molar-refractivity contribution is 5.99. The molecule has 28 heavy (non-hydrogen) atoms. The van der Waals surface area contributed by atoms with Crippen LogP contribution in [-0.4, -0.2) is 35.9 Å². The molecule has 2 amide bonds. The minimum atomic E-state index is -0.282. The number of nitrogens with one attached hydrogen (secondary N) is 2. The predicted octanol–water partition coefficient (Wildman–Crippen LogP) is 2.28. The zero-order chi connectivity index (χ0) is 20.5. The second-order valence-electron chi connectivity index (χ2n) is 6.33. The molecule has 0 radical (unpaired) electrons. The number of hydrogen-bond acceptors (Lipinski definition) is 4. The molecule has 2 aromatic carbocycles. The van der Waals surface area contributed by atoms with Crippen molar-refractivity contribution in [3.8, 4) is 0 Å². The van der Waals surface area contributed by atoms with Gasteiger partial charge in [-0.2, -0.15) is 0 Å². The van der Waals surface area contributed by atoms with Crippen LogP contribution in [0.25, 0.3) is 0 Å². The molecule has 2 rings (SSSR count). The van der Waals surface area contributed by atoms with Crippen LogP contribution in [0.2, 0.25) is 0 Å². The normalized spacial score (nSPS) is 10.4. The monoisotopic (exact) mass is 382 g/mol. The fourth-order valence-corrected chi connectivity index (χ4v) is 2.75. The van der Waals surface area contributed by atoms with Gasteiger partial charge in [-0.1, -0.05) is 19.1 Å². The van der Waals surface area contributed by atoms with Gasteiger partial charge < -0.3 is 21.1 Å². The minimum absolute atomic E-state index is 0.0304. The topological polar surface area (TPSA) is 120 Å². The van der Waals surface area contributed by atoms with Crippen molar-refractivity contribution in [2.75, 3.05) is 23.4 Å². The van der Waals surface area contributed by atoms with Crippen molar-refractivity contribution in [2.24, 2.45) is 5.73 Å². The van der Waals surface area contributed by atoms with Crippen LogP contribution in [-0.2, 0) is 16.0 Å². The summed E-state index contributed by atoms with van der Waals surface area (Å²) in [5.74, 6) is -0.542. The molecule has 0 saturated carbocycles. The summed E-state index contributed by atoms with van der Waals surface area (Å²) in [5, 5.41) is 19.4. The van der Waals surface area contributed by atoms with Crippen LogP contribution in [0.1, 0.15) is 30.9 Å². The maximum Gasteiger partial charge on any atom is 0.227 e. The second kappa shape index (κ2) is 10.2. The smallest absolute Gasteiger partial charge is 0.227 e. The average Bonchev–Trinajstić information content (AvgIpc) is 2.70. The van der Waals surface area contributed by atoms with Gasteiger partial charge in [0, 0.05) is 36.3 Å². The molecule has 0 unspecified atom stereocenters. The molecule has 148 valence electrons. The Kier molecular flexibility index (Phi) is 7.71. The number of nitrogens with two attached hydrogens (primary N) is 1. The summed E-state index contributed by atoms with van der Waals surface area (Å²) >= 11 is 0. The summed E-state index contributed by atoms with van der Waals surface area (Å²) in [4.78, 5) is 26.3. The second-order valence-corrected chi connectivity index (χ2v) is 6.33. The Morgan fingerprint density at radius 1 is 1.14 bits per heavy atom. The van der Waals surface area contributed by atoms with Crippen molar-refractivity contribution in [2.45, 2.75) is 26.2 Å². The first kappa shape index (κ1) is 21.1. The maximum atomic E-state index is 12.6. The molecule has 0 heterocycles. The number of rotatable bonds is 9. The van der Waals surface area contributed by atoms with Gasteiger partial charge in [-0.15, -0.1) is 0 Å². The predicted molar refractivity (Wildman–Crippen MR) is 111 cm³/mol. The first-order chi connectivity index (χ1) is 13.4. The lowest BCUT2D eigenvalue weighted by Gasteiger charge is -2.22. The van der Waals surface area contributed by atoms with Crippen LogP contribution < -0.4 is 16.0 Å². The van der Waals surface area contributed by atoms with Gasteiger partial charge in [-0.25, -0.2) is 0 Å². The Hall–Kier alpha value is -3.19. The summed E-state index contributed by atoms with van der Waals surface area (Å²) in [6.07, 6.45) is 0.913. The molecular weight excluding hydrogens is 356 g/mol. The molecule has 0 spiro atoms. The molecule has 0 fully saturated rings. The Morgan fingerprint density at radius 2 is 1.86 bits per heavy atom. The lowest BCUT2D eigenvalue weighted by Crippen LogP contribution is -2.34. The van der Waals surface area contributed by atoms with Crippen LogP contribution in [0.15, 0.2) is 48.5 Å². The zero-order valence-electron chi connectivity index (χ0n) is 15.9. The van der Waals surface area contributed by atoms with Crippen molar-refractivity contribution >= 4 is 29.0 Å². The number of aliphatic hydroxyl groups is 1. The number of amides is 2. The van der Waals surface area contributed by atoms with E-state index in [4.69, 9.17) is 11.1 Å². The fourth-order valence-electron chi connectivity index (χ4n) is 2.75. The van der Waals surface area contributed by atoms with Crippen LogP contribution >= 0.6 is 0 Å². The third-order valence-corrected chi connectivity index (χ3v) is 4.30. The van der Waals surface area contributed by atoms with Gasteiger partial charge in [-0.3, -0.25) is 15.0 Å². The number of anilines is 2. The first-order valence-electron chi connectivity index (χ1n) is 9.19. The number of carbonyl (C=O) groups is 2. The van der Waals surface area contributed by atoms with Crippen LogP contribution in [0.5, 0.6) is 0 Å². The Balaban J connectivity index is 1.95. The molecule has 0 aliphatic carbocycles. The summed E-state index contributed by atoms with van der Waals surface area (Å²) in [7, 11) is 0. The summed E-state index contributed by atoms with van der Waals surface area (Å²) in [6.45, 7) is 2.06. The quantitative estimate of drug-likeness (QED) is 0.393. The third-order valence-electron chi connectivity index (χ3n) is 4.30. The Labute approximate surface area is 164 Å². The van der Waals surface area contributed by atoms with Gasteiger partial charge in [0.25, 0.3) is 0 Å². The molecule has 7 nitrogen and oxygen atoms in total. The van der Waals surface area contributed by atoms with E-state index in [1.807, 2.05) is 31.2 Å². The van der Waals surface area contributed by atoms with Crippen LogP contribution in [0, 0.1) is 5.41 Å². The first-order valence-corrected chi connectivity index (χ1v) is 9.19. The number of nitrogen functional groups attached to an aromatic ring is 1. The van der Waals surface area contributed by atoms with Crippen molar-refractivity contribution < 1.29 is 14.7 Å². The van der Waals surface area contributed by atoms with Gasteiger partial charge in [0.15, 0.2) is 0 Å². The number of nitrogens with zero attached hydrogens (tertiary/aromatic N) is 1. The minimum Gasteiger partial charge on any atom is -0.395 e. The molecule has 0 bridgehead atoms. The highest BCUT2D eigenvalue weighted by atomic mass is 16.3. The highest BCUT2D eigenvalue weighted by Crippen LogP contribution is 2.18. The molecule has 7 heteroatoms. The number of aliphatic hydroxyl groups excluding tert-OH is 1. The van der Waals surface area contributed by atoms with Gasteiger partial charge in [-0.05, 0) is 48.4 Å². The Morgan fingerprint density at radius 3 is 2.46 bits per heavy atom. The van der Waals surface area contributed by atoms with Crippen molar-refractivity contribution in [1.29, 1.82) is 5.41 Å². The number of aryl methyl sites for hydroxylation is 1. The largest absolute Gasteiger partial charge is 0.395 e. The number of amidine groups is 1. The zero-order valence-corrected chi connectivity index (χ0v) is 15.9. The molecule has 0 aliphatic heterocycles. The van der Waals surface area contributed by atoms with E-state index in [1.54, 1.807) is 24.3 Å². The van der Waals surface area contributed by atoms with E-state index in [-0.39, 0.29) is 43.6 Å². The van der Waals surface area contributed by atoms with Crippen molar-refractivity contribution in [3.63, 3.8) is 0 Å². The maximum absolute atomic E-state index is 12.6. The van der Waals surface area contributed by atoms with Crippen molar-refractivity contribution in [1.82, 2.24) is 0 Å². The van der Waals surface area contributed by atoms with E-state index in [2.05, 4.69) is 5.32 Å². The third kappa shape index (κ3) is 5.92. The molecule has 2 aromatic rings. The van der Waals surface area contributed by atoms with E-state index in [1.165, 1.54) is 4.90 Å². The molecular formula is C21H26N4O3. The van der Waals surface area contributed by atoms with E-state index in [0.717, 1.165) is 17.7 Å². The van der Waals surface area contributed by atoms with E-state index < -0.39 is 0 Å². The van der Waals surface area contributed by atoms with E-state index >= 15 is 0 Å². The molecule has 0 atom stereocenters. The van der Waals surface area contributed by atoms with Crippen LogP contribution in [0.4, 0.5) is 11.4 Å². The lowest BCUT2D eigenvalue weighted by atomic mass is 10.1. The molecule has 0 saturated heterocycles. The van der Waals surface area contributed by atoms with E-state index in [9.17, 15) is 14.7 Å². The summed E-state index contributed by atoms with van der Waals surface area (Å²) in [5.41, 5.74) is 8.37. The summed E-state index contributed by atoms with van der Waals surface area (Å²) < 4.78 is 0. The molecule has 5 N–H and O–H groups in total. The van der Waals surface area contributed by atoms with Crippen molar-refractivity contribution in [3.05, 3.63) is 59.7 Å². The number of carbonyl (C=O) groups excluding carboxylic acids is 2. The van der Waals surface area contributed by atoms with Gasteiger partial charge in [0.2, 0.25) is 11.8 Å². The molecule has 0 aromatic heterocycles.